The predicted molar refractivity (Wildman–Crippen MR) is 57.1 cm³/mol. The van der Waals surface area contributed by atoms with Crippen LogP contribution in [-0.4, -0.2) is 19.3 Å². The van der Waals surface area contributed by atoms with Gasteiger partial charge in [0.05, 0.1) is 19.8 Å². The molecule has 1 aromatic carbocycles. The van der Waals surface area contributed by atoms with E-state index in [9.17, 15) is 5.11 Å². The summed E-state index contributed by atoms with van der Waals surface area (Å²) in [7, 11) is 3.09. The molecule has 0 radical (unpaired) electrons. The molecule has 4 nitrogen and oxygen atoms in total. The number of hydrogen-bond donors (Lipinski definition) is 2. The maximum Gasteiger partial charge on any atom is 0.145 e. The van der Waals surface area contributed by atoms with Gasteiger partial charge in [0.2, 0.25) is 0 Å². The zero-order valence-corrected chi connectivity index (χ0v) is 8.91. The first kappa shape index (κ1) is 10.1. The van der Waals surface area contributed by atoms with Gasteiger partial charge in [-0.15, -0.1) is 0 Å². The highest BCUT2D eigenvalue weighted by atomic mass is 16.5. The van der Waals surface area contributed by atoms with Crippen molar-refractivity contribution < 1.29 is 14.6 Å². The van der Waals surface area contributed by atoms with Crippen LogP contribution in [0, 0.1) is 0 Å². The minimum atomic E-state index is -0.700. The fourth-order valence-electron chi connectivity index (χ4n) is 1.61. The van der Waals surface area contributed by atoms with E-state index in [1.54, 1.807) is 26.4 Å². The molecule has 0 spiro atoms. The average Bonchev–Trinajstić information content (AvgIpc) is 2.98. The third-order valence-electron chi connectivity index (χ3n) is 2.80. The summed E-state index contributed by atoms with van der Waals surface area (Å²) in [5.41, 5.74) is 6.38. The van der Waals surface area contributed by atoms with Crippen molar-refractivity contribution in [2.24, 2.45) is 0 Å². The highest BCUT2D eigenvalue weighted by molar-refractivity contribution is 5.65. The first-order valence-electron chi connectivity index (χ1n) is 4.85. The van der Waals surface area contributed by atoms with Crippen molar-refractivity contribution in [2.75, 3.05) is 20.0 Å². The van der Waals surface area contributed by atoms with Gasteiger partial charge in [-0.05, 0) is 30.5 Å². The fourth-order valence-corrected chi connectivity index (χ4v) is 1.61. The maximum absolute atomic E-state index is 9.98. The number of nitrogens with two attached hydrogens (primary N) is 1. The van der Waals surface area contributed by atoms with E-state index in [1.807, 2.05) is 0 Å². The van der Waals surface area contributed by atoms with E-state index in [0.717, 1.165) is 18.4 Å². The van der Waals surface area contributed by atoms with Gasteiger partial charge in [-0.3, -0.25) is 0 Å². The summed E-state index contributed by atoms with van der Waals surface area (Å²) >= 11 is 0. The van der Waals surface area contributed by atoms with Crippen molar-refractivity contribution in [3.05, 3.63) is 17.7 Å². The molecule has 15 heavy (non-hydrogen) atoms. The Morgan fingerprint density at radius 2 is 1.67 bits per heavy atom. The van der Waals surface area contributed by atoms with Gasteiger partial charge in [0.25, 0.3) is 0 Å². The van der Waals surface area contributed by atoms with Crippen molar-refractivity contribution in [2.45, 2.75) is 18.4 Å². The number of aliphatic hydroxyl groups is 1. The summed E-state index contributed by atoms with van der Waals surface area (Å²) in [6, 6.07) is 3.54. The van der Waals surface area contributed by atoms with Crippen LogP contribution in [0.3, 0.4) is 0 Å². The van der Waals surface area contributed by atoms with Gasteiger partial charge in [-0.1, -0.05) is 0 Å². The van der Waals surface area contributed by atoms with E-state index in [1.165, 1.54) is 0 Å². The number of benzene rings is 1. The smallest absolute Gasteiger partial charge is 0.145 e. The third kappa shape index (κ3) is 1.61. The van der Waals surface area contributed by atoms with Gasteiger partial charge in [0.15, 0.2) is 0 Å². The molecule has 0 saturated heterocycles. The Labute approximate surface area is 88.6 Å². The van der Waals surface area contributed by atoms with Crippen LogP contribution in [0.2, 0.25) is 0 Å². The molecule has 2 rings (SSSR count). The van der Waals surface area contributed by atoms with Crippen LogP contribution in [0.4, 0.5) is 5.69 Å². The summed E-state index contributed by atoms with van der Waals surface area (Å²) in [5.74, 6) is 1.09. The quantitative estimate of drug-likeness (QED) is 0.736. The lowest BCUT2D eigenvalue weighted by Crippen LogP contribution is -2.06. The second-order valence-corrected chi connectivity index (χ2v) is 3.83. The Kier molecular flexibility index (Phi) is 2.23. The Hall–Kier alpha value is -1.42. The van der Waals surface area contributed by atoms with Gasteiger partial charge < -0.3 is 20.3 Å². The van der Waals surface area contributed by atoms with Crippen molar-refractivity contribution in [3.8, 4) is 11.5 Å². The molecular weight excluding hydrogens is 194 g/mol. The molecule has 1 fully saturated rings. The molecule has 0 aliphatic heterocycles. The highest BCUT2D eigenvalue weighted by Crippen LogP contribution is 2.48. The maximum atomic E-state index is 9.98. The first-order chi connectivity index (χ1) is 7.10. The molecule has 0 heterocycles. The number of rotatable bonds is 3. The summed E-state index contributed by atoms with van der Waals surface area (Å²) in [6.07, 6.45) is 1.56. The summed E-state index contributed by atoms with van der Waals surface area (Å²) in [4.78, 5) is 0. The fraction of sp³-hybridized carbons (Fsp3) is 0.455. The predicted octanol–water partition coefficient (Wildman–Crippen LogP) is 1.27. The Morgan fingerprint density at radius 3 is 2.00 bits per heavy atom. The van der Waals surface area contributed by atoms with Crippen LogP contribution >= 0.6 is 0 Å². The largest absolute Gasteiger partial charge is 0.494 e. The molecule has 1 aliphatic rings. The normalized spacial score (nSPS) is 17.3. The molecule has 0 amide bonds. The standard InChI is InChI=1S/C11H15NO3/c1-14-8-5-7(11(13)3-4-11)6-9(15-2)10(8)12/h5-6,13H,3-4,12H2,1-2H3. The second-order valence-electron chi connectivity index (χ2n) is 3.83. The lowest BCUT2D eigenvalue weighted by atomic mass is 10.1. The van der Waals surface area contributed by atoms with Gasteiger partial charge in [-0.2, -0.15) is 0 Å². The van der Waals surface area contributed by atoms with Crippen molar-refractivity contribution in [1.82, 2.24) is 0 Å². The molecule has 0 bridgehead atoms. The van der Waals surface area contributed by atoms with Crippen LogP contribution in [0.1, 0.15) is 18.4 Å². The number of hydrogen-bond acceptors (Lipinski definition) is 4. The Bertz CT molecular complexity index is 360. The Balaban J connectivity index is 2.49. The summed E-state index contributed by atoms with van der Waals surface area (Å²) in [5, 5.41) is 9.98. The van der Waals surface area contributed by atoms with Crippen molar-refractivity contribution in [1.29, 1.82) is 0 Å². The van der Waals surface area contributed by atoms with E-state index in [0.29, 0.717) is 17.2 Å². The number of nitrogen functional groups attached to an aromatic ring is 1. The molecular formula is C11H15NO3. The Morgan fingerprint density at radius 1 is 1.20 bits per heavy atom. The minimum Gasteiger partial charge on any atom is -0.494 e. The molecule has 1 aromatic rings. The van der Waals surface area contributed by atoms with Crippen LogP contribution in [0.5, 0.6) is 11.5 Å². The highest BCUT2D eigenvalue weighted by Gasteiger charge is 2.43. The van der Waals surface area contributed by atoms with E-state index in [2.05, 4.69) is 0 Å². The van der Waals surface area contributed by atoms with Crippen LogP contribution in [0.25, 0.3) is 0 Å². The molecule has 0 unspecified atom stereocenters. The zero-order valence-electron chi connectivity index (χ0n) is 8.91. The minimum absolute atomic E-state index is 0.466. The summed E-state index contributed by atoms with van der Waals surface area (Å²) in [6.45, 7) is 0. The van der Waals surface area contributed by atoms with Crippen LogP contribution < -0.4 is 15.2 Å². The average molecular weight is 209 g/mol. The first-order valence-corrected chi connectivity index (χ1v) is 4.85. The van der Waals surface area contributed by atoms with Gasteiger partial charge in [0, 0.05) is 0 Å². The number of anilines is 1. The van der Waals surface area contributed by atoms with E-state index >= 15 is 0 Å². The van der Waals surface area contributed by atoms with Crippen molar-refractivity contribution >= 4 is 5.69 Å². The molecule has 4 heteroatoms. The van der Waals surface area contributed by atoms with E-state index in [-0.39, 0.29) is 0 Å². The van der Waals surface area contributed by atoms with E-state index < -0.39 is 5.60 Å². The molecule has 1 saturated carbocycles. The van der Waals surface area contributed by atoms with Crippen LogP contribution in [0.15, 0.2) is 12.1 Å². The lowest BCUT2D eigenvalue weighted by molar-refractivity contribution is 0.151. The number of ether oxygens (including phenoxy) is 2. The molecule has 0 aromatic heterocycles. The van der Waals surface area contributed by atoms with Gasteiger partial charge in [-0.25, -0.2) is 0 Å². The number of methoxy groups -OCH3 is 2. The molecule has 3 N–H and O–H groups in total. The lowest BCUT2D eigenvalue weighted by Gasteiger charge is -2.15. The summed E-state index contributed by atoms with van der Waals surface area (Å²) < 4.78 is 10.3. The SMILES string of the molecule is COc1cc(C2(O)CC2)cc(OC)c1N. The molecule has 0 atom stereocenters. The van der Waals surface area contributed by atoms with Gasteiger partial charge >= 0.3 is 0 Å². The third-order valence-corrected chi connectivity index (χ3v) is 2.80. The monoisotopic (exact) mass is 209 g/mol. The van der Waals surface area contributed by atoms with E-state index in [4.69, 9.17) is 15.2 Å². The molecule has 82 valence electrons. The molecule has 1 aliphatic carbocycles. The van der Waals surface area contributed by atoms with Crippen molar-refractivity contribution in [3.63, 3.8) is 0 Å². The zero-order chi connectivity index (χ0) is 11.1. The van der Waals surface area contributed by atoms with Crippen LogP contribution in [-0.2, 0) is 5.60 Å². The van der Waals surface area contributed by atoms with Gasteiger partial charge in [0.1, 0.15) is 17.2 Å². The second kappa shape index (κ2) is 3.31. The topological polar surface area (TPSA) is 64.7 Å².